The van der Waals surface area contributed by atoms with Gasteiger partial charge in [-0.1, -0.05) is 39.6 Å². The number of pyridine rings is 1. The molecule has 0 radical (unpaired) electrons. The van der Waals surface area contributed by atoms with Gasteiger partial charge < -0.3 is 10.5 Å². The maximum Gasteiger partial charge on any atom is 0.214 e. The van der Waals surface area contributed by atoms with Gasteiger partial charge in [-0.2, -0.15) is 0 Å². The number of Topliss-reactive ketones (excluding diaryl/α,β-unsaturated/α-hetero) is 1. The van der Waals surface area contributed by atoms with Gasteiger partial charge in [0.1, 0.15) is 28.9 Å². The van der Waals surface area contributed by atoms with Gasteiger partial charge in [-0.25, -0.2) is 23.7 Å². The Morgan fingerprint density at radius 2 is 1.74 bits per heavy atom. The van der Waals surface area contributed by atoms with E-state index in [1.54, 1.807) is 12.4 Å². The predicted octanol–water partition coefficient (Wildman–Crippen LogP) is 5.42. The zero-order chi connectivity index (χ0) is 25.0. The Balaban J connectivity index is 1.93. The van der Waals surface area contributed by atoms with E-state index in [2.05, 4.69) is 19.7 Å². The summed E-state index contributed by atoms with van der Waals surface area (Å²) in [6.07, 6.45) is 5.54. The first-order valence-corrected chi connectivity index (χ1v) is 11.6. The standard InChI is InChI=1S/C24H26F2N6OS/c1-5-8-34-32-20-17(25)7-6-15(18(20)26)21(33)19(27)16-9-13(10-29-22(16)28)14-11-30-23(31-12-14)24(2,3)4/h6-7,9-12,27,32H,5,8H2,1-4H3,(H2,28,29). The lowest BCUT2D eigenvalue weighted by molar-refractivity contribution is 0.106. The third-order valence-corrected chi connectivity index (χ3v) is 5.85. The van der Waals surface area contributed by atoms with Crippen molar-refractivity contribution in [1.29, 1.82) is 5.41 Å². The minimum absolute atomic E-state index is 0.0287. The third kappa shape index (κ3) is 5.39. The molecule has 0 saturated carbocycles. The first kappa shape index (κ1) is 25.2. The van der Waals surface area contributed by atoms with E-state index in [-0.39, 0.29) is 16.8 Å². The lowest BCUT2D eigenvalue weighted by Gasteiger charge is -2.16. The van der Waals surface area contributed by atoms with Crippen molar-refractivity contribution in [2.45, 2.75) is 39.5 Å². The molecule has 1 aromatic carbocycles. The molecule has 0 bridgehead atoms. The van der Waals surface area contributed by atoms with E-state index in [4.69, 9.17) is 11.1 Å². The molecular weight excluding hydrogens is 458 g/mol. The molecule has 3 aromatic rings. The molecule has 0 aliphatic rings. The number of hydrogen-bond donors (Lipinski definition) is 3. The summed E-state index contributed by atoms with van der Waals surface area (Å²) in [6.45, 7) is 7.92. The van der Waals surface area contributed by atoms with Gasteiger partial charge >= 0.3 is 0 Å². The Morgan fingerprint density at radius 3 is 2.35 bits per heavy atom. The molecule has 0 unspecified atom stereocenters. The SMILES string of the molecule is CCCSNc1c(F)ccc(C(=O)C(=N)c2cc(-c3cnc(C(C)(C)C)nc3)cnc2N)c1F. The quantitative estimate of drug-likeness (QED) is 0.169. The summed E-state index contributed by atoms with van der Waals surface area (Å²) in [5.74, 6) is -1.60. The van der Waals surface area contributed by atoms with E-state index in [0.717, 1.165) is 30.5 Å². The molecule has 7 nitrogen and oxygen atoms in total. The Hall–Kier alpha value is -3.40. The molecule has 0 atom stereocenters. The van der Waals surface area contributed by atoms with Crippen molar-refractivity contribution < 1.29 is 13.6 Å². The summed E-state index contributed by atoms with van der Waals surface area (Å²) < 4.78 is 31.7. The molecule has 0 aliphatic carbocycles. The van der Waals surface area contributed by atoms with Gasteiger partial charge in [0.25, 0.3) is 0 Å². The van der Waals surface area contributed by atoms with Gasteiger partial charge in [0.2, 0.25) is 5.78 Å². The van der Waals surface area contributed by atoms with Crippen LogP contribution in [0.5, 0.6) is 0 Å². The zero-order valence-electron chi connectivity index (χ0n) is 19.4. The number of rotatable bonds is 8. The van der Waals surface area contributed by atoms with E-state index in [1.165, 1.54) is 12.3 Å². The molecule has 4 N–H and O–H groups in total. The number of nitrogens with two attached hydrogens (primary N) is 1. The van der Waals surface area contributed by atoms with Crippen LogP contribution in [0.3, 0.4) is 0 Å². The summed E-state index contributed by atoms with van der Waals surface area (Å²) in [6, 6.07) is 3.52. The van der Waals surface area contributed by atoms with E-state index in [1.807, 2.05) is 27.7 Å². The minimum atomic E-state index is -1.06. The third-order valence-electron chi connectivity index (χ3n) is 4.89. The molecule has 0 aliphatic heterocycles. The molecule has 2 heterocycles. The number of ketones is 1. The van der Waals surface area contributed by atoms with Gasteiger partial charge in [-0.15, -0.1) is 0 Å². The molecule has 2 aromatic heterocycles. The molecule has 0 saturated heterocycles. The molecule has 10 heteroatoms. The van der Waals surface area contributed by atoms with E-state index >= 15 is 0 Å². The van der Waals surface area contributed by atoms with Crippen molar-refractivity contribution in [2.24, 2.45) is 0 Å². The fourth-order valence-corrected chi connectivity index (χ4v) is 3.64. The van der Waals surface area contributed by atoms with Crippen LogP contribution in [-0.2, 0) is 5.41 Å². The fraction of sp³-hybridized carbons (Fsp3) is 0.292. The number of halogens is 2. The number of nitrogens with zero attached hydrogens (tertiary/aromatic N) is 3. The Kier molecular flexibility index (Phi) is 7.61. The predicted molar refractivity (Wildman–Crippen MR) is 132 cm³/mol. The number of nitrogens with one attached hydrogen (secondary N) is 2. The maximum atomic E-state index is 15.0. The highest BCUT2D eigenvalue weighted by Gasteiger charge is 2.25. The van der Waals surface area contributed by atoms with Gasteiger partial charge in [0.15, 0.2) is 5.82 Å². The number of anilines is 2. The van der Waals surface area contributed by atoms with Crippen LogP contribution in [0.4, 0.5) is 20.3 Å². The van der Waals surface area contributed by atoms with E-state index in [9.17, 15) is 13.6 Å². The van der Waals surface area contributed by atoms with Crippen molar-refractivity contribution in [3.05, 3.63) is 65.4 Å². The van der Waals surface area contributed by atoms with Crippen LogP contribution in [0.2, 0.25) is 0 Å². The minimum Gasteiger partial charge on any atom is -0.383 e. The Labute approximate surface area is 201 Å². The van der Waals surface area contributed by atoms with Crippen LogP contribution < -0.4 is 10.5 Å². The Bertz CT molecular complexity index is 1230. The van der Waals surface area contributed by atoms with Crippen LogP contribution >= 0.6 is 11.9 Å². The summed E-state index contributed by atoms with van der Waals surface area (Å²) in [5.41, 5.74) is 5.48. The number of carbonyl (C=O) groups is 1. The second-order valence-corrected chi connectivity index (χ2v) is 9.54. The van der Waals surface area contributed by atoms with Gasteiger partial charge in [0.05, 0.1) is 5.56 Å². The highest BCUT2D eigenvalue weighted by Crippen LogP contribution is 2.28. The fourth-order valence-electron chi connectivity index (χ4n) is 3.00. The van der Waals surface area contributed by atoms with Crippen molar-refractivity contribution in [3.8, 4) is 11.1 Å². The molecular formula is C24H26F2N6OS. The number of benzene rings is 1. The van der Waals surface area contributed by atoms with Crippen molar-refractivity contribution in [1.82, 2.24) is 15.0 Å². The lowest BCUT2D eigenvalue weighted by atomic mass is 9.95. The van der Waals surface area contributed by atoms with Crippen LogP contribution in [0.25, 0.3) is 11.1 Å². The van der Waals surface area contributed by atoms with Gasteiger partial charge in [-0.3, -0.25) is 10.2 Å². The van der Waals surface area contributed by atoms with Crippen LogP contribution in [0.1, 0.15) is 55.9 Å². The highest BCUT2D eigenvalue weighted by atomic mass is 32.2. The average molecular weight is 485 g/mol. The second-order valence-electron chi connectivity index (χ2n) is 8.64. The first-order valence-electron chi connectivity index (χ1n) is 10.6. The molecule has 0 fully saturated rings. The second kappa shape index (κ2) is 10.3. The van der Waals surface area contributed by atoms with Gasteiger partial charge in [-0.05, 0) is 24.6 Å². The van der Waals surface area contributed by atoms with Crippen LogP contribution in [0.15, 0.2) is 36.8 Å². The number of aromatic nitrogens is 3. The van der Waals surface area contributed by atoms with Gasteiger partial charge in [0, 0.05) is 46.4 Å². The molecule has 3 rings (SSSR count). The van der Waals surface area contributed by atoms with Crippen LogP contribution in [0, 0.1) is 17.0 Å². The van der Waals surface area contributed by atoms with Crippen molar-refractivity contribution in [2.75, 3.05) is 16.2 Å². The van der Waals surface area contributed by atoms with Crippen molar-refractivity contribution in [3.63, 3.8) is 0 Å². The van der Waals surface area contributed by atoms with Crippen LogP contribution in [-0.4, -0.2) is 32.2 Å². The largest absolute Gasteiger partial charge is 0.383 e. The normalized spacial score (nSPS) is 11.4. The highest BCUT2D eigenvalue weighted by molar-refractivity contribution is 8.00. The summed E-state index contributed by atoms with van der Waals surface area (Å²) >= 11 is 1.13. The molecule has 178 valence electrons. The summed E-state index contributed by atoms with van der Waals surface area (Å²) in [4.78, 5) is 25.8. The number of carbonyl (C=O) groups excluding carboxylic acids is 1. The smallest absolute Gasteiger partial charge is 0.214 e. The molecule has 0 spiro atoms. The Morgan fingerprint density at radius 1 is 1.09 bits per heavy atom. The monoisotopic (exact) mass is 484 g/mol. The first-order chi connectivity index (χ1) is 16.0. The average Bonchev–Trinajstić information content (AvgIpc) is 2.80. The topological polar surface area (TPSA) is 118 Å². The van der Waals surface area contributed by atoms with Crippen molar-refractivity contribution >= 4 is 34.9 Å². The zero-order valence-corrected chi connectivity index (χ0v) is 20.2. The summed E-state index contributed by atoms with van der Waals surface area (Å²) in [5, 5.41) is 8.39. The van der Waals surface area contributed by atoms with E-state index in [0.29, 0.717) is 22.7 Å². The number of nitrogen functional groups attached to an aromatic ring is 1. The van der Waals surface area contributed by atoms with E-state index < -0.39 is 34.4 Å². The summed E-state index contributed by atoms with van der Waals surface area (Å²) in [7, 11) is 0. The lowest BCUT2D eigenvalue weighted by Crippen LogP contribution is -2.19. The molecule has 34 heavy (non-hydrogen) atoms. The molecule has 0 amide bonds. The maximum absolute atomic E-state index is 15.0. The number of hydrogen-bond acceptors (Lipinski definition) is 8.